The molecule has 1 saturated heterocycles. The lowest BCUT2D eigenvalue weighted by Crippen LogP contribution is -2.27. The Kier molecular flexibility index (Phi) is 9.09. The normalized spacial score (nSPS) is 19.4. The number of likely N-dealkylation sites (tertiary alicyclic amines) is 1. The van der Waals surface area contributed by atoms with Gasteiger partial charge in [-0.2, -0.15) is 5.10 Å². The van der Waals surface area contributed by atoms with Crippen LogP contribution >= 0.6 is 0 Å². The van der Waals surface area contributed by atoms with Gasteiger partial charge in [0.2, 0.25) is 0 Å². The molecule has 0 radical (unpaired) electrons. The van der Waals surface area contributed by atoms with Gasteiger partial charge in [-0.05, 0) is 94.7 Å². The van der Waals surface area contributed by atoms with Crippen LogP contribution in [0.2, 0.25) is 0 Å². The fourth-order valence-electron chi connectivity index (χ4n) is 5.75. The van der Waals surface area contributed by atoms with Crippen LogP contribution in [0.4, 0.5) is 0 Å². The van der Waals surface area contributed by atoms with E-state index in [0.717, 1.165) is 56.1 Å². The number of aliphatic hydroxyl groups excluding tert-OH is 1. The van der Waals surface area contributed by atoms with Crippen LogP contribution in [0.15, 0.2) is 78.2 Å². The van der Waals surface area contributed by atoms with Gasteiger partial charge in [-0.3, -0.25) is 0 Å². The smallest absolute Gasteiger partial charge is 0.0857 e. The molecule has 5 heteroatoms. The summed E-state index contributed by atoms with van der Waals surface area (Å²) < 4.78 is 2.00. The van der Waals surface area contributed by atoms with Gasteiger partial charge in [0.25, 0.3) is 0 Å². The zero-order chi connectivity index (χ0) is 26.4. The number of aryl methyl sites for hydroxylation is 2. The average molecular weight is 501 g/mol. The molecule has 37 heavy (non-hydrogen) atoms. The number of aromatic nitrogens is 2. The highest BCUT2D eigenvalue weighted by Crippen LogP contribution is 2.30. The molecule has 0 amide bonds. The topological polar surface area (TPSA) is 53.3 Å². The first kappa shape index (κ1) is 27.0. The SMILES string of the molecule is C=C(O)CC(CN1CCC(CCC(=C)/C=C\C2=C(C)NCCC2)C1)c1cccc(-n2nc(C)cc2C)c1. The lowest BCUT2D eigenvalue weighted by Gasteiger charge is -2.24. The molecular formula is C32H44N4O. The first-order valence-electron chi connectivity index (χ1n) is 13.8. The maximum absolute atomic E-state index is 10.1. The minimum Gasteiger partial charge on any atom is -0.513 e. The first-order valence-corrected chi connectivity index (χ1v) is 13.8. The summed E-state index contributed by atoms with van der Waals surface area (Å²) in [5, 5.41) is 18.2. The van der Waals surface area contributed by atoms with Gasteiger partial charge in [0.05, 0.1) is 17.1 Å². The molecule has 1 fully saturated rings. The standard InChI is InChI=1S/C32H44N4O/c1-23(12-14-29-9-7-16-33-27(29)5)11-13-28-15-17-35(21-28)22-31(19-26(4)37)30-8-6-10-32(20-30)36-25(3)18-24(2)34-36/h6,8,10,12,14,18,20,28,31,33,37H,1,4,7,9,11,13,15-17,19,21-22H2,2-3,5H3/b14-12-. The Bertz CT molecular complexity index is 1170. The highest BCUT2D eigenvalue weighted by molar-refractivity contribution is 5.39. The number of allylic oxidation sites excluding steroid dienone is 6. The van der Waals surface area contributed by atoms with E-state index in [2.05, 4.69) is 84.8 Å². The molecule has 0 bridgehead atoms. The number of hydrogen-bond donors (Lipinski definition) is 2. The monoisotopic (exact) mass is 500 g/mol. The Morgan fingerprint density at radius 3 is 2.81 bits per heavy atom. The van der Waals surface area contributed by atoms with Gasteiger partial charge in [-0.15, -0.1) is 0 Å². The molecule has 5 nitrogen and oxygen atoms in total. The van der Waals surface area contributed by atoms with E-state index in [9.17, 15) is 5.11 Å². The molecule has 2 aliphatic heterocycles. The molecular weight excluding hydrogens is 456 g/mol. The number of nitrogens with one attached hydrogen (secondary N) is 1. The van der Waals surface area contributed by atoms with Crippen LogP contribution < -0.4 is 5.32 Å². The van der Waals surface area contributed by atoms with Gasteiger partial charge < -0.3 is 15.3 Å². The van der Waals surface area contributed by atoms with E-state index in [1.165, 1.54) is 41.7 Å². The average Bonchev–Trinajstić information content (AvgIpc) is 3.46. The molecule has 198 valence electrons. The van der Waals surface area contributed by atoms with Crippen molar-refractivity contribution in [3.05, 3.63) is 95.2 Å². The van der Waals surface area contributed by atoms with Crippen LogP contribution in [0.25, 0.3) is 5.69 Å². The van der Waals surface area contributed by atoms with Crippen LogP contribution in [0.5, 0.6) is 0 Å². The van der Waals surface area contributed by atoms with Crippen molar-refractivity contribution in [1.29, 1.82) is 0 Å². The van der Waals surface area contributed by atoms with E-state index in [1.807, 2.05) is 11.6 Å². The van der Waals surface area contributed by atoms with E-state index < -0.39 is 0 Å². The van der Waals surface area contributed by atoms with E-state index in [1.54, 1.807) is 0 Å². The molecule has 2 N–H and O–H groups in total. The van der Waals surface area contributed by atoms with Crippen molar-refractivity contribution in [2.24, 2.45) is 5.92 Å². The maximum atomic E-state index is 10.1. The number of nitrogens with zero attached hydrogens (tertiary/aromatic N) is 3. The lowest BCUT2D eigenvalue weighted by atomic mass is 9.93. The molecule has 0 saturated carbocycles. The van der Waals surface area contributed by atoms with Crippen molar-refractivity contribution < 1.29 is 5.11 Å². The maximum Gasteiger partial charge on any atom is 0.0857 e. The summed E-state index contributed by atoms with van der Waals surface area (Å²) in [7, 11) is 0. The van der Waals surface area contributed by atoms with Crippen molar-refractivity contribution in [2.75, 3.05) is 26.2 Å². The zero-order valence-corrected chi connectivity index (χ0v) is 23.0. The number of hydrogen-bond acceptors (Lipinski definition) is 4. The summed E-state index contributed by atoms with van der Waals surface area (Å²) in [6.45, 7) is 18.6. The number of aliphatic hydroxyl groups is 1. The van der Waals surface area contributed by atoms with Crippen molar-refractivity contribution >= 4 is 0 Å². The molecule has 0 aliphatic carbocycles. The predicted octanol–water partition coefficient (Wildman–Crippen LogP) is 6.91. The molecule has 1 aromatic carbocycles. The third-order valence-corrected chi connectivity index (χ3v) is 7.82. The highest BCUT2D eigenvalue weighted by atomic mass is 16.3. The van der Waals surface area contributed by atoms with E-state index >= 15 is 0 Å². The highest BCUT2D eigenvalue weighted by Gasteiger charge is 2.26. The number of rotatable bonds is 11. The van der Waals surface area contributed by atoms with Gasteiger partial charge in [-0.1, -0.05) is 43.0 Å². The predicted molar refractivity (Wildman–Crippen MR) is 154 cm³/mol. The van der Waals surface area contributed by atoms with Crippen molar-refractivity contribution in [3.63, 3.8) is 0 Å². The molecule has 4 rings (SSSR count). The van der Waals surface area contributed by atoms with Crippen LogP contribution in [0.1, 0.15) is 68.3 Å². The van der Waals surface area contributed by atoms with Crippen molar-refractivity contribution in [3.8, 4) is 5.69 Å². The molecule has 2 atom stereocenters. The molecule has 2 unspecified atom stereocenters. The summed E-state index contributed by atoms with van der Waals surface area (Å²) in [5.74, 6) is 1.15. The minimum absolute atomic E-state index is 0.201. The third kappa shape index (κ3) is 7.48. The van der Waals surface area contributed by atoms with Gasteiger partial charge in [0.15, 0.2) is 0 Å². The Labute approximate surface area is 223 Å². The summed E-state index contributed by atoms with van der Waals surface area (Å²) in [4.78, 5) is 2.56. The fraction of sp³-hybridized carbons (Fsp3) is 0.469. The second-order valence-electron chi connectivity index (χ2n) is 11.0. The molecule has 2 aliphatic rings. The van der Waals surface area contributed by atoms with Gasteiger partial charge >= 0.3 is 0 Å². The van der Waals surface area contributed by atoms with E-state index in [-0.39, 0.29) is 11.7 Å². The zero-order valence-electron chi connectivity index (χ0n) is 23.0. The van der Waals surface area contributed by atoms with E-state index in [0.29, 0.717) is 12.3 Å². The number of benzene rings is 1. The van der Waals surface area contributed by atoms with Gasteiger partial charge in [-0.25, -0.2) is 4.68 Å². The second kappa shape index (κ2) is 12.5. The third-order valence-electron chi connectivity index (χ3n) is 7.82. The van der Waals surface area contributed by atoms with E-state index in [4.69, 9.17) is 0 Å². The Hall–Kier alpha value is -3.05. The Balaban J connectivity index is 1.33. The first-order chi connectivity index (χ1) is 17.8. The summed E-state index contributed by atoms with van der Waals surface area (Å²) in [5.41, 5.74) is 8.38. The quantitative estimate of drug-likeness (QED) is 0.260. The Morgan fingerprint density at radius 1 is 1.24 bits per heavy atom. The second-order valence-corrected chi connectivity index (χ2v) is 11.0. The minimum atomic E-state index is 0.201. The van der Waals surface area contributed by atoms with Gasteiger partial charge in [0, 0.05) is 43.4 Å². The summed E-state index contributed by atoms with van der Waals surface area (Å²) in [6.07, 6.45) is 10.9. The van der Waals surface area contributed by atoms with Crippen molar-refractivity contribution in [1.82, 2.24) is 20.0 Å². The van der Waals surface area contributed by atoms with Crippen LogP contribution in [0.3, 0.4) is 0 Å². The fourth-order valence-corrected chi connectivity index (χ4v) is 5.75. The molecule has 3 heterocycles. The largest absolute Gasteiger partial charge is 0.513 e. The van der Waals surface area contributed by atoms with Crippen LogP contribution in [-0.4, -0.2) is 46.0 Å². The summed E-state index contributed by atoms with van der Waals surface area (Å²) >= 11 is 0. The lowest BCUT2D eigenvalue weighted by molar-refractivity contribution is 0.282. The van der Waals surface area contributed by atoms with Crippen LogP contribution in [-0.2, 0) is 0 Å². The van der Waals surface area contributed by atoms with Crippen LogP contribution in [0, 0.1) is 19.8 Å². The Morgan fingerprint density at radius 2 is 2.08 bits per heavy atom. The molecule has 0 spiro atoms. The molecule has 2 aromatic rings. The van der Waals surface area contributed by atoms with Crippen molar-refractivity contribution in [2.45, 2.75) is 65.2 Å². The molecule has 1 aromatic heterocycles. The summed E-state index contributed by atoms with van der Waals surface area (Å²) in [6, 6.07) is 10.7. The van der Waals surface area contributed by atoms with Gasteiger partial charge in [0.1, 0.15) is 0 Å².